The molecule has 0 amide bonds. The number of aromatic nitrogens is 2. The Hall–Kier alpha value is -2.38. The van der Waals surface area contributed by atoms with Crippen LogP contribution in [0.25, 0.3) is 0 Å². The SMILES string of the molecule is CCCCCN(Cc1ccc(CN)cc1)c1c(C2CCNC2)nnc(N)c1N. The van der Waals surface area contributed by atoms with Crippen molar-refractivity contribution < 1.29 is 0 Å². The summed E-state index contributed by atoms with van der Waals surface area (Å²) >= 11 is 0. The first-order valence-corrected chi connectivity index (χ1v) is 10.3. The Balaban J connectivity index is 1.94. The number of nitrogen functional groups attached to an aromatic ring is 2. The van der Waals surface area contributed by atoms with Gasteiger partial charge in [0.2, 0.25) is 0 Å². The fourth-order valence-corrected chi connectivity index (χ4v) is 3.79. The molecule has 7 heteroatoms. The molecule has 0 radical (unpaired) electrons. The quantitative estimate of drug-likeness (QED) is 0.491. The second kappa shape index (κ2) is 9.71. The molecule has 1 unspecified atom stereocenters. The first-order chi connectivity index (χ1) is 13.6. The van der Waals surface area contributed by atoms with Crippen molar-refractivity contribution in [3.63, 3.8) is 0 Å². The number of nitrogens with two attached hydrogens (primary N) is 3. The second-order valence-electron chi connectivity index (χ2n) is 7.57. The zero-order chi connectivity index (χ0) is 19.9. The summed E-state index contributed by atoms with van der Waals surface area (Å²) in [6.45, 7) is 6.33. The average molecular weight is 384 g/mol. The topological polar surface area (TPSA) is 119 Å². The van der Waals surface area contributed by atoms with Crippen molar-refractivity contribution in [3.05, 3.63) is 41.1 Å². The lowest BCUT2D eigenvalue weighted by molar-refractivity contribution is 0.657. The molecule has 0 saturated carbocycles. The highest BCUT2D eigenvalue weighted by molar-refractivity contribution is 5.79. The van der Waals surface area contributed by atoms with E-state index in [-0.39, 0.29) is 0 Å². The van der Waals surface area contributed by atoms with Gasteiger partial charge >= 0.3 is 0 Å². The number of rotatable bonds is 9. The van der Waals surface area contributed by atoms with E-state index >= 15 is 0 Å². The Morgan fingerprint density at radius 3 is 2.50 bits per heavy atom. The van der Waals surface area contributed by atoms with E-state index in [1.165, 1.54) is 18.4 Å². The fourth-order valence-electron chi connectivity index (χ4n) is 3.79. The molecule has 3 rings (SSSR count). The number of anilines is 3. The summed E-state index contributed by atoms with van der Waals surface area (Å²) in [6.07, 6.45) is 4.49. The van der Waals surface area contributed by atoms with Gasteiger partial charge in [-0.2, -0.15) is 5.10 Å². The third-order valence-electron chi connectivity index (χ3n) is 5.47. The Kier molecular flexibility index (Phi) is 7.06. The molecular weight excluding hydrogens is 350 g/mol. The molecule has 0 aliphatic carbocycles. The van der Waals surface area contributed by atoms with Gasteiger partial charge in [-0.25, -0.2) is 0 Å². The Morgan fingerprint density at radius 2 is 1.86 bits per heavy atom. The van der Waals surface area contributed by atoms with E-state index in [0.717, 1.165) is 56.0 Å². The summed E-state index contributed by atoms with van der Waals surface area (Å²) in [5.41, 5.74) is 23.1. The van der Waals surface area contributed by atoms with Crippen molar-refractivity contribution in [1.29, 1.82) is 0 Å². The van der Waals surface area contributed by atoms with E-state index in [9.17, 15) is 0 Å². The first-order valence-electron chi connectivity index (χ1n) is 10.3. The minimum absolute atomic E-state index is 0.309. The molecule has 1 aliphatic heterocycles. The Labute approximate surface area is 167 Å². The molecule has 0 bridgehead atoms. The Bertz CT molecular complexity index is 754. The summed E-state index contributed by atoms with van der Waals surface area (Å²) in [4.78, 5) is 2.33. The van der Waals surface area contributed by atoms with Gasteiger partial charge in [-0.1, -0.05) is 44.0 Å². The van der Waals surface area contributed by atoms with Gasteiger partial charge in [0, 0.05) is 32.1 Å². The van der Waals surface area contributed by atoms with E-state index < -0.39 is 0 Å². The van der Waals surface area contributed by atoms with Gasteiger partial charge in [0.05, 0.1) is 11.4 Å². The van der Waals surface area contributed by atoms with Crippen LogP contribution < -0.4 is 27.4 Å². The number of benzene rings is 1. The number of nitrogens with zero attached hydrogens (tertiary/aromatic N) is 3. The van der Waals surface area contributed by atoms with Crippen LogP contribution in [0, 0.1) is 0 Å². The standard InChI is InChI=1S/C21H33N7/c1-2-3-4-11-28(14-16-7-5-15(12-22)6-8-16)20-18(23)21(24)27-26-19(20)17-9-10-25-13-17/h5-8,17,25H,2-4,9-14,22H2,1H3,(H2,23,26)(H2,24,27). The molecule has 7 nitrogen and oxygen atoms in total. The molecule has 1 aliphatic rings. The van der Waals surface area contributed by atoms with E-state index in [1.807, 2.05) is 0 Å². The highest BCUT2D eigenvalue weighted by Crippen LogP contribution is 2.37. The molecule has 1 saturated heterocycles. The summed E-state index contributed by atoms with van der Waals surface area (Å²) in [5.74, 6) is 0.627. The van der Waals surface area contributed by atoms with Crippen LogP contribution in [0.4, 0.5) is 17.2 Å². The van der Waals surface area contributed by atoms with Gasteiger partial charge in [0.15, 0.2) is 5.82 Å². The lowest BCUT2D eigenvalue weighted by atomic mass is 10.0. The van der Waals surface area contributed by atoms with Crippen molar-refractivity contribution >= 4 is 17.2 Å². The highest BCUT2D eigenvalue weighted by Gasteiger charge is 2.27. The molecule has 1 aromatic carbocycles. The maximum absolute atomic E-state index is 6.45. The maximum Gasteiger partial charge on any atom is 0.171 e. The molecule has 1 aromatic heterocycles. The van der Waals surface area contributed by atoms with Crippen molar-refractivity contribution in [1.82, 2.24) is 15.5 Å². The summed E-state index contributed by atoms with van der Waals surface area (Å²) in [7, 11) is 0. The van der Waals surface area contributed by atoms with Gasteiger partial charge in [-0.3, -0.25) is 0 Å². The van der Waals surface area contributed by atoms with E-state index in [4.69, 9.17) is 17.2 Å². The van der Waals surface area contributed by atoms with Crippen LogP contribution in [-0.2, 0) is 13.1 Å². The lowest BCUT2D eigenvalue weighted by Crippen LogP contribution is -2.28. The third-order valence-corrected chi connectivity index (χ3v) is 5.47. The number of hydrogen-bond acceptors (Lipinski definition) is 7. The molecule has 152 valence electrons. The van der Waals surface area contributed by atoms with Crippen molar-refractivity contribution in [2.75, 3.05) is 36.0 Å². The van der Waals surface area contributed by atoms with Crippen molar-refractivity contribution in [3.8, 4) is 0 Å². The van der Waals surface area contributed by atoms with E-state index in [2.05, 4.69) is 51.6 Å². The average Bonchev–Trinajstić information content (AvgIpc) is 3.24. The van der Waals surface area contributed by atoms with Crippen LogP contribution in [0.3, 0.4) is 0 Å². The molecular formula is C21H33N7. The van der Waals surface area contributed by atoms with Gasteiger partial charge in [0.1, 0.15) is 5.69 Å². The minimum Gasteiger partial charge on any atom is -0.394 e. The fraction of sp³-hybridized carbons (Fsp3) is 0.524. The second-order valence-corrected chi connectivity index (χ2v) is 7.57. The van der Waals surface area contributed by atoms with Crippen molar-refractivity contribution in [2.45, 2.75) is 51.6 Å². The van der Waals surface area contributed by atoms with Crippen LogP contribution in [0.2, 0.25) is 0 Å². The van der Waals surface area contributed by atoms with Gasteiger partial charge < -0.3 is 27.4 Å². The van der Waals surface area contributed by atoms with Crippen LogP contribution in [-0.4, -0.2) is 29.8 Å². The molecule has 28 heavy (non-hydrogen) atoms. The number of hydrogen-bond donors (Lipinski definition) is 4. The Morgan fingerprint density at radius 1 is 1.11 bits per heavy atom. The largest absolute Gasteiger partial charge is 0.394 e. The van der Waals surface area contributed by atoms with Crippen LogP contribution in [0.1, 0.15) is 55.3 Å². The van der Waals surface area contributed by atoms with Gasteiger partial charge in [-0.15, -0.1) is 5.10 Å². The summed E-state index contributed by atoms with van der Waals surface area (Å²) < 4.78 is 0. The molecule has 2 heterocycles. The summed E-state index contributed by atoms with van der Waals surface area (Å²) in [5, 5.41) is 12.0. The number of unbranched alkanes of at least 4 members (excludes halogenated alkanes) is 2. The summed E-state index contributed by atoms with van der Waals surface area (Å²) in [6, 6.07) is 8.45. The molecule has 0 spiro atoms. The maximum atomic E-state index is 6.45. The molecule has 7 N–H and O–H groups in total. The molecule has 2 aromatic rings. The van der Waals surface area contributed by atoms with Gasteiger partial charge in [-0.05, 0) is 30.5 Å². The van der Waals surface area contributed by atoms with Crippen LogP contribution >= 0.6 is 0 Å². The van der Waals surface area contributed by atoms with E-state index in [0.29, 0.717) is 24.0 Å². The van der Waals surface area contributed by atoms with Crippen LogP contribution in [0.15, 0.2) is 24.3 Å². The predicted octanol–water partition coefficient (Wildman–Crippen LogP) is 2.37. The molecule has 1 atom stereocenters. The predicted molar refractivity (Wildman–Crippen MR) is 116 cm³/mol. The number of nitrogens with one attached hydrogen (secondary N) is 1. The van der Waals surface area contributed by atoms with Crippen molar-refractivity contribution in [2.24, 2.45) is 5.73 Å². The minimum atomic E-state index is 0.309. The monoisotopic (exact) mass is 383 g/mol. The van der Waals surface area contributed by atoms with Crippen LogP contribution in [0.5, 0.6) is 0 Å². The normalized spacial score (nSPS) is 16.4. The third kappa shape index (κ3) is 4.72. The first kappa shape index (κ1) is 20.4. The molecule has 1 fully saturated rings. The van der Waals surface area contributed by atoms with E-state index in [1.54, 1.807) is 0 Å². The smallest absolute Gasteiger partial charge is 0.171 e. The zero-order valence-electron chi connectivity index (χ0n) is 16.8. The zero-order valence-corrected chi connectivity index (χ0v) is 16.8. The highest BCUT2D eigenvalue weighted by atomic mass is 15.2. The lowest BCUT2D eigenvalue weighted by Gasteiger charge is -2.29. The van der Waals surface area contributed by atoms with Gasteiger partial charge in [0.25, 0.3) is 0 Å².